The number of ether oxygens (including phenoxy) is 1. The lowest BCUT2D eigenvalue weighted by Crippen LogP contribution is -2.28. The van der Waals surface area contributed by atoms with Gasteiger partial charge in [-0.25, -0.2) is 4.98 Å². The van der Waals surface area contributed by atoms with E-state index in [1.807, 2.05) is 18.2 Å². The van der Waals surface area contributed by atoms with Crippen molar-refractivity contribution < 1.29 is 9.53 Å². The van der Waals surface area contributed by atoms with Crippen LogP contribution in [-0.4, -0.2) is 36.1 Å². The topological polar surface area (TPSA) is 54.5 Å². The average molecular weight is 372 g/mol. The highest BCUT2D eigenvalue weighted by atomic mass is 35.5. The molecular weight excluding hydrogens is 350 g/mol. The highest BCUT2D eigenvalue weighted by Crippen LogP contribution is 2.27. The number of aromatic nitrogens is 1. The van der Waals surface area contributed by atoms with Crippen molar-refractivity contribution >= 4 is 23.3 Å². The van der Waals surface area contributed by atoms with E-state index in [9.17, 15) is 4.79 Å². The fourth-order valence-corrected chi connectivity index (χ4v) is 3.37. The quantitative estimate of drug-likeness (QED) is 0.872. The number of rotatable bonds is 5. The van der Waals surface area contributed by atoms with Gasteiger partial charge >= 0.3 is 0 Å². The zero-order valence-electron chi connectivity index (χ0n) is 14.7. The molecule has 1 saturated carbocycles. The van der Waals surface area contributed by atoms with Crippen molar-refractivity contribution in [2.24, 2.45) is 0 Å². The largest absolute Gasteiger partial charge is 0.489 e. The lowest BCUT2D eigenvalue weighted by atomic mass is 10.2. The van der Waals surface area contributed by atoms with Gasteiger partial charge in [-0.3, -0.25) is 4.79 Å². The second kappa shape index (κ2) is 7.16. The van der Waals surface area contributed by atoms with Crippen molar-refractivity contribution in [3.63, 3.8) is 0 Å². The van der Waals surface area contributed by atoms with Crippen molar-refractivity contribution in [1.82, 2.24) is 10.3 Å². The van der Waals surface area contributed by atoms with Crippen molar-refractivity contribution in [2.45, 2.75) is 38.3 Å². The molecule has 136 valence electrons. The van der Waals surface area contributed by atoms with E-state index in [2.05, 4.69) is 28.2 Å². The van der Waals surface area contributed by atoms with Gasteiger partial charge in [0.15, 0.2) is 0 Å². The van der Waals surface area contributed by atoms with Gasteiger partial charge in [0.25, 0.3) is 5.91 Å². The van der Waals surface area contributed by atoms with Gasteiger partial charge in [0.05, 0.1) is 17.1 Å². The average Bonchev–Trinajstić information content (AvgIpc) is 3.31. The Morgan fingerprint density at radius 2 is 2.15 bits per heavy atom. The second-order valence-electron chi connectivity index (χ2n) is 7.06. The third-order valence-electron chi connectivity index (χ3n) is 4.76. The maximum Gasteiger partial charge on any atom is 0.253 e. The molecule has 1 unspecified atom stereocenters. The first-order valence-corrected chi connectivity index (χ1v) is 9.41. The number of pyridine rings is 1. The van der Waals surface area contributed by atoms with Crippen LogP contribution in [0.3, 0.4) is 0 Å². The Morgan fingerprint density at radius 3 is 2.92 bits per heavy atom. The lowest BCUT2D eigenvalue weighted by Gasteiger charge is -2.19. The van der Waals surface area contributed by atoms with Crippen LogP contribution in [-0.2, 0) is 0 Å². The minimum atomic E-state index is -0.118. The Balaban J connectivity index is 1.44. The summed E-state index contributed by atoms with van der Waals surface area (Å²) in [6.45, 7) is 3.64. The van der Waals surface area contributed by atoms with Crippen molar-refractivity contribution in [3.8, 4) is 5.75 Å². The van der Waals surface area contributed by atoms with Gasteiger partial charge in [-0.2, -0.15) is 0 Å². The predicted octanol–water partition coefficient (Wildman–Crippen LogP) is 3.59. The Kier molecular flexibility index (Phi) is 4.72. The van der Waals surface area contributed by atoms with Crippen LogP contribution in [0.4, 0.5) is 5.82 Å². The summed E-state index contributed by atoms with van der Waals surface area (Å²) in [6, 6.07) is 10.2. The molecular formula is C20H22ClN3O2. The summed E-state index contributed by atoms with van der Waals surface area (Å²) in [5.74, 6) is 1.55. The first kappa shape index (κ1) is 17.2. The third kappa shape index (κ3) is 3.93. The predicted molar refractivity (Wildman–Crippen MR) is 102 cm³/mol. The van der Waals surface area contributed by atoms with Gasteiger partial charge in [0.1, 0.15) is 17.7 Å². The molecule has 1 aromatic heterocycles. The van der Waals surface area contributed by atoms with Crippen molar-refractivity contribution in [3.05, 3.63) is 52.7 Å². The zero-order valence-corrected chi connectivity index (χ0v) is 15.5. The molecule has 0 bridgehead atoms. The normalized spacial score (nSPS) is 19.5. The molecule has 1 atom stereocenters. The van der Waals surface area contributed by atoms with Crippen molar-refractivity contribution in [2.75, 3.05) is 18.0 Å². The molecule has 2 fully saturated rings. The molecule has 1 aromatic carbocycles. The van der Waals surface area contributed by atoms with E-state index in [-0.39, 0.29) is 12.0 Å². The number of anilines is 1. The molecule has 2 heterocycles. The highest BCUT2D eigenvalue weighted by Gasteiger charge is 2.28. The number of carbonyl (C=O) groups excluding carboxylic acids is 1. The molecule has 1 saturated heterocycles. The SMILES string of the molecule is Cc1cccc(OC2CCN(c3cc(C(=O)NC4CC4)c(Cl)cn3)C2)c1. The molecule has 2 aromatic rings. The monoisotopic (exact) mass is 371 g/mol. The second-order valence-corrected chi connectivity index (χ2v) is 7.47. The molecule has 1 aliphatic carbocycles. The summed E-state index contributed by atoms with van der Waals surface area (Å²) in [5, 5.41) is 3.37. The van der Waals surface area contributed by atoms with Gasteiger partial charge < -0.3 is 15.0 Å². The van der Waals surface area contributed by atoms with E-state index in [0.717, 1.165) is 43.9 Å². The Hall–Kier alpha value is -2.27. The van der Waals surface area contributed by atoms with Crippen LogP contribution in [0, 0.1) is 6.92 Å². The number of halogens is 1. The first-order chi connectivity index (χ1) is 12.6. The van der Waals surface area contributed by atoms with Crippen molar-refractivity contribution in [1.29, 1.82) is 0 Å². The molecule has 0 radical (unpaired) electrons. The number of benzene rings is 1. The number of hydrogen-bond donors (Lipinski definition) is 1. The lowest BCUT2D eigenvalue weighted by molar-refractivity contribution is 0.0951. The molecule has 0 spiro atoms. The van der Waals surface area contributed by atoms with Crippen LogP contribution in [0.2, 0.25) is 5.02 Å². The molecule has 1 aliphatic heterocycles. The van der Waals surface area contributed by atoms with E-state index < -0.39 is 0 Å². The summed E-state index contributed by atoms with van der Waals surface area (Å²) in [7, 11) is 0. The van der Waals surface area contributed by atoms with Crippen LogP contribution >= 0.6 is 11.6 Å². The van der Waals surface area contributed by atoms with Gasteiger partial charge in [-0.15, -0.1) is 0 Å². The molecule has 5 nitrogen and oxygen atoms in total. The van der Waals surface area contributed by atoms with E-state index in [1.165, 1.54) is 5.56 Å². The van der Waals surface area contributed by atoms with Crippen LogP contribution < -0.4 is 15.0 Å². The summed E-state index contributed by atoms with van der Waals surface area (Å²) < 4.78 is 6.10. The summed E-state index contributed by atoms with van der Waals surface area (Å²) in [5.41, 5.74) is 1.68. The van der Waals surface area contributed by atoms with E-state index in [0.29, 0.717) is 16.6 Å². The highest BCUT2D eigenvalue weighted by molar-refractivity contribution is 6.33. The Morgan fingerprint density at radius 1 is 1.31 bits per heavy atom. The minimum Gasteiger partial charge on any atom is -0.489 e. The molecule has 2 aliphatic rings. The molecule has 6 heteroatoms. The zero-order chi connectivity index (χ0) is 18.1. The van der Waals surface area contributed by atoms with Gasteiger partial charge in [0, 0.05) is 25.2 Å². The summed E-state index contributed by atoms with van der Waals surface area (Å²) in [6.07, 6.45) is 4.68. The maximum absolute atomic E-state index is 12.4. The molecule has 4 rings (SSSR count). The number of carbonyl (C=O) groups is 1. The number of amides is 1. The van der Waals surface area contributed by atoms with E-state index in [1.54, 1.807) is 12.3 Å². The molecule has 26 heavy (non-hydrogen) atoms. The third-order valence-corrected chi connectivity index (χ3v) is 5.06. The fraction of sp³-hybridized carbons (Fsp3) is 0.400. The summed E-state index contributed by atoms with van der Waals surface area (Å²) >= 11 is 6.19. The smallest absolute Gasteiger partial charge is 0.253 e. The van der Waals surface area contributed by atoms with Crippen LogP contribution in [0.5, 0.6) is 5.75 Å². The first-order valence-electron chi connectivity index (χ1n) is 9.03. The van der Waals surface area contributed by atoms with E-state index in [4.69, 9.17) is 16.3 Å². The number of nitrogens with zero attached hydrogens (tertiary/aromatic N) is 2. The molecule has 1 amide bonds. The van der Waals surface area contributed by atoms with Crippen LogP contribution in [0.15, 0.2) is 36.5 Å². The minimum absolute atomic E-state index is 0.109. The van der Waals surface area contributed by atoms with Crippen LogP contribution in [0.25, 0.3) is 0 Å². The van der Waals surface area contributed by atoms with Gasteiger partial charge in [0.2, 0.25) is 0 Å². The van der Waals surface area contributed by atoms with E-state index >= 15 is 0 Å². The van der Waals surface area contributed by atoms with Crippen LogP contribution in [0.1, 0.15) is 35.2 Å². The molecule has 1 N–H and O–H groups in total. The maximum atomic E-state index is 12.4. The fourth-order valence-electron chi connectivity index (χ4n) is 3.18. The van der Waals surface area contributed by atoms with Gasteiger partial charge in [-0.1, -0.05) is 23.7 Å². The number of aryl methyl sites for hydroxylation is 1. The number of hydrogen-bond acceptors (Lipinski definition) is 4. The Bertz CT molecular complexity index is 822. The number of nitrogens with one attached hydrogen (secondary N) is 1. The standard InChI is InChI=1S/C20H22ClN3O2/c1-13-3-2-4-15(9-13)26-16-7-8-24(12-16)19-10-17(18(21)11-22-19)20(25)23-14-5-6-14/h2-4,9-11,14,16H,5-8,12H2,1H3,(H,23,25). The summed E-state index contributed by atoms with van der Waals surface area (Å²) in [4.78, 5) is 18.9. The Labute approximate surface area is 158 Å². The van der Waals surface area contributed by atoms with Gasteiger partial charge in [-0.05, 0) is 43.5 Å².